The zero-order valence-electron chi connectivity index (χ0n) is 12.8. The van der Waals surface area contributed by atoms with Crippen LogP contribution in [0.3, 0.4) is 0 Å². The first-order valence-corrected chi connectivity index (χ1v) is 7.46. The van der Waals surface area contributed by atoms with Crippen LogP contribution in [0.2, 0.25) is 0 Å². The summed E-state index contributed by atoms with van der Waals surface area (Å²) < 4.78 is 10.8. The van der Waals surface area contributed by atoms with Crippen molar-refractivity contribution in [2.45, 2.75) is 45.2 Å². The van der Waals surface area contributed by atoms with E-state index in [0.29, 0.717) is 18.5 Å². The van der Waals surface area contributed by atoms with Crippen LogP contribution in [0, 0.1) is 13.8 Å². The van der Waals surface area contributed by atoms with Gasteiger partial charge in [-0.3, -0.25) is 0 Å². The van der Waals surface area contributed by atoms with Gasteiger partial charge in [-0.25, -0.2) is 4.98 Å². The molecule has 0 spiro atoms. The molecule has 0 amide bonds. The lowest BCUT2D eigenvalue weighted by Gasteiger charge is -2.36. The summed E-state index contributed by atoms with van der Waals surface area (Å²) in [6, 6.07) is 8.97. The molecular formula is C17H22N2O2. The average molecular weight is 286 g/mol. The molecule has 4 nitrogen and oxygen atoms in total. The van der Waals surface area contributed by atoms with E-state index in [1.165, 1.54) is 18.4 Å². The number of aromatic nitrogens is 1. The molecule has 0 aliphatic heterocycles. The van der Waals surface area contributed by atoms with E-state index >= 15 is 0 Å². The van der Waals surface area contributed by atoms with Crippen LogP contribution in [0.15, 0.2) is 28.7 Å². The molecule has 1 heterocycles. The summed E-state index contributed by atoms with van der Waals surface area (Å²) in [5, 5.41) is 3.52. The van der Waals surface area contributed by atoms with Crippen LogP contribution in [0.4, 0.5) is 0 Å². The van der Waals surface area contributed by atoms with E-state index in [9.17, 15) is 0 Å². The van der Waals surface area contributed by atoms with Crippen molar-refractivity contribution in [3.05, 3.63) is 47.2 Å². The van der Waals surface area contributed by atoms with E-state index in [0.717, 1.165) is 23.1 Å². The Morgan fingerprint density at radius 1 is 1.24 bits per heavy atom. The smallest absolute Gasteiger partial charge is 0.208 e. The van der Waals surface area contributed by atoms with Gasteiger partial charge in [0.1, 0.15) is 11.5 Å². The van der Waals surface area contributed by atoms with Crippen molar-refractivity contribution >= 4 is 0 Å². The fourth-order valence-electron chi connectivity index (χ4n) is 2.78. The number of ether oxygens (including phenoxy) is 1. The second-order valence-corrected chi connectivity index (χ2v) is 5.77. The van der Waals surface area contributed by atoms with Crippen LogP contribution in [0.5, 0.6) is 5.75 Å². The molecule has 1 aliphatic rings. The molecule has 1 fully saturated rings. The van der Waals surface area contributed by atoms with Crippen LogP contribution in [-0.4, -0.2) is 18.1 Å². The van der Waals surface area contributed by atoms with Gasteiger partial charge in [-0.15, -0.1) is 0 Å². The number of hydrogen-bond acceptors (Lipinski definition) is 4. The Balaban J connectivity index is 1.47. The normalized spacial score (nSPS) is 21.1. The van der Waals surface area contributed by atoms with Crippen molar-refractivity contribution in [1.29, 1.82) is 0 Å². The van der Waals surface area contributed by atoms with Crippen molar-refractivity contribution in [3.8, 4) is 5.75 Å². The fraction of sp³-hybridized carbons (Fsp3) is 0.471. The van der Waals surface area contributed by atoms with Crippen LogP contribution in [0.1, 0.15) is 41.7 Å². The van der Waals surface area contributed by atoms with E-state index in [1.54, 1.807) is 7.11 Å². The van der Waals surface area contributed by atoms with E-state index in [2.05, 4.69) is 22.4 Å². The van der Waals surface area contributed by atoms with Gasteiger partial charge in [0.05, 0.1) is 19.3 Å². The minimum atomic E-state index is 0.560. The molecule has 0 radical (unpaired) electrons. The third kappa shape index (κ3) is 3.10. The largest absolute Gasteiger partial charge is 0.497 e. The average Bonchev–Trinajstić information content (AvgIpc) is 2.76. The number of nitrogens with zero attached hydrogens (tertiary/aromatic N) is 1. The number of benzene rings is 1. The Hall–Kier alpha value is -1.81. The lowest BCUT2D eigenvalue weighted by molar-refractivity contribution is 0.278. The molecule has 0 atom stereocenters. The van der Waals surface area contributed by atoms with Gasteiger partial charge in [-0.05, 0) is 50.3 Å². The summed E-state index contributed by atoms with van der Waals surface area (Å²) in [6.07, 6.45) is 2.34. The molecule has 1 aromatic heterocycles. The van der Waals surface area contributed by atoms with Crippen LogP contribution in [-0.2, 0) is 6.54 Å². The summed E-state index contributed by atoms with van der Waals surface area (Å²) in [5.74, 6) is 3.28. The molecule has 4 heteroatoms. The van der Waals surface area contributed by atoms with Gasteiger partial charge in [0.15, 0.2) is 0 Å². The van der Waals surface area contributed by atoms with Gasteiger partial charge >= 0.3 is 0 Å². The Kier molecular flexibility index (Phi) is 3.97. The molecule has 2 aromatic rings. The third-order valence-electron chi connectivity index (χ3n) is 4.34. The Labute approximate surface area is 125 Å². The molecule has 0 unspecified atom stereocenters. The van der Waals surface area contributed by atoms with Gasteiger partial charge < -0.3 is 14.5 Å². The molecule has 3 rings (SSSR count). The maximum atomic E-state index is 5.58. The molecule has 0 saturated heterocycles. The quantitative estimate of drug-likeness (QED) is 0.916. The van der Waals surface area contributed by atoms with Crippen molar-refractivity contribution in [2.24, 2.45) is 0 Å². The van der Waals surface area contributed by atoms with Crippen LogP contribution < -0.4 is 10.1 Å². The van der Waals surface area contributed by atoms with Gasteiger partial charge in [0.25, 0.3) is 0 Å². The highest BCUT2D eigenvalue weighted by Crippen LogP contribution is 2.37. The third-order valence-corrected chi connectivity index (χ3v) is 4.34. The van der Waals surface area contributed by atoms with Crippen LogP contribution >= 0.6 is 0 Å². The molecule has 1 saturated carbocycles. The molecule has 1 aliphatic carbocycles. The zero-order chi connectivity index (χ0) is 14.8. The number of rotatable bonds is 5. The van der Waals surface area contributed by atoms with Crippen molar-refractivity contribution < 1.29 is 9.15 Å². The summed E-state index contributed by atoms with van der Waals surface area (Å²) in [6.45, 7) is 4.65. The molecule has 0 bridgehead atoms. The van der Waals surface area contributed by atoms with Gasteiger partial charge in [-0.2, -0.15) is 0 Å². The van der Waals surface area contributed by atoms with E-state index in [-0.39, 0.29) is 0 Å². The monoisotopic (exact) mass is 286 g/mol. The highest BCUT2D eigenvalue weighted by Gasteiger charge is 2.30. The SMILES string of the molecule is COc1ccc(C2CC(NCc3nc(C)c(C)o3)C2)cc1. The number of aryl methyl sites for hydroxylation is 2. The van der Waals surface area contributed by atoms with E-state index in [4.69, 9.17) is 9.15 Å². The molecule has 1 aromatic carbocycles. The minimum absolute atomic E-state index is 0.560. The van der Waals surface area contributed by atoms with Gasteiger partial charge in [-0.1, -0.05) is 12.1 Å². The molecule has 1 N–H and O–H groups in total. The van der Waals surface area contributed by atoms with Crippen molar-refractivity contribution in [2.75, 3.05) is 7.11 Å². The Morgan fingerprint density at radius 3 is 2.52 bits per heavy atom. The predicted octanol–water partition coefficient (Wildman–Crippen LogP) is 3.34. The second kappa shape index (κ2) is 5.90. The molecule has 21 heavy (non-hydrogen) atoms. The zero-order valence-corrected chi connectivity index (χ0v) is 12.8. The second-order valence-electron chi connectivity index (χ2n) is 5.77. The first-order valence-electron chi connectivity index (χ1n) is 7.46. The highest BCUT2D eigenvalue weighted by molar-refractivity contribution is 5.30. The Bertz CT molecular complexity index is 578. The summed E-state index contributed by atoms with van der Waals surface area (Å²) in [5.41, 5.74) is 2.38. The van der Waals surface area contributed by atoms with Crippen molar-refractivity contribution in [1.82, 2.24) is 10.3 Å². The van der Waals surface area contributed by atoms with Gasteiger partial charge in [0, 0.05) is 6.04 Å². The van der Waals surface area contributed by atoms with E-state index in [1.807, 2.05) is 26.0 Å². The lowest BCUT2D eigenvalue weighted by atomic mass is 9.76. The molecule has 112 valence electrons. The number of hydrogen-bond donors (Lipinski definition) is 1. The first kappa shape index (κ1) is 14.1. The number of oxazole rings is 1. The highest BCUT2D eigenvalue weighted by atomic mass is 16.5. The summed E-state index contributed by atoms with van der Waals surface area (Å²) in [7, 11) is 1.70. The summed E-state index contributed by atoms with van der Waals surface area (Å²) >= 11 is 0. The number of nitrogens with one attached hydrogen (secondary N) is 1. The molecular weight excluding hydrogens is 264 g/mol. The maximum absolute atomic E-state index is 5.58. The van der Waals surface area contributed by atoms with Crippen molar-refractivity contribution in [3.63, 3.8) is 0 Å². The van der Waals surface area contributed by atoms with E-state index < -0.39 is 0 Å². The standard InChI is InChI=1S/C17H22N2O2/c1-11-12(2)21-17(19-11)10-18-15-8-14(9-15)13-4-6-16(20-3)7-5-13/h4-7,14-15,18H,8-10H2,1-3H3. The summed E-state index contributed by atoms with van der Waals surface area (Å²) in [4.78, 5) is 4.39. The predicted molar refractivity (Wildman–Crippen MR) is 81.6 cm³/mol. The Morgan fingerprint density at radius 2 is 1.95 bits per heavy atom. The van der Waals surface area contributed by atoms with Gasteiger partial charge in [0.2, 0.25) is 5.89 Å². The minimum Gasteiger partial charge on any atom is -0.497 e. The lowest BCUT2D eigenvalue weighted by Crippen LogP contribution is -2.39. The van der Waals surface area contributed by atoms with Crippen LogP contribution in [0.25, 0.3) is 0 Å². The topological polar surface area (TPSA) is 47.3 Å². The fourth-order valence-corrected chi connectivity index (χ4v) is 2.78. The maximum Gasteiger partial charge on any atom is 0.208 e. The number of methoxy groups -OCH3 is 1. The first-order chi connectivity index (χ1) is 10.2.